The first kappa shape index (κ1) is 13.9. The summed E-state index contributed by atoms with van der Waals surface area (Å²) in [6.45, 7) is 4.18. The fourth-order valence-corrected chi connectivity index (χ4v) is 2.87. The summed E-state index contributed by atoms with van der Waals surface area (Å²) in [5.41, 5.74) is 1.98. The van der Waals surface area contributed by atoms with Crippen molar-refractivity contribution in [2.45, 2.75) is 32.4 Å². The molecule has 1 saturated heterocycles. The Morgan fingerprint density at radius 2 is 2.05 bits per heavy atom. The second-order valence-electron chi connectivity index (χ2n) is 5.49. The summed E-state index contributed by atoms with van der Waals surface area (Å²) < 4.78 is 2.13. The van der Waals surface area contributed by atoms with Crippen molar-refractivity contribution in [3.63, 3.8) is 0 Å². The molecule has 21 heavy (non-hydrogen) atoms. The predicted molar refractivity (Wildman–Crippen MR) is 83.4 cm³/mol. The van der Waals surface area contributed by atoms with Gasteiger partial charge in [0.1, 0.15) is 0 Å². The molecule has 1 aromatic carbocycles. The van der Waals surface area contributed by atoms with Crippen molar-refractivity contribution in [3.05, 3.63) is 30.5 Å². The van der Waals surface area contributed by atoms with Gasteiger partial charge in [-0.05, 0) is 25.8 Å². The molecule has 5 heteroatoms. The lowest BCUT2D eigenvalue weighted by Gasteiger charge is -2.29. The molecule has 112 valence electrons. The van der Waals surface area contributed by atoms with Crippen LogP contribution < -0.4 is 5.32 Å². The van der Waals surface area contributed by atoms with E-state index in [2.05, 4.69) is 22.9 Å². The molecule has 0 aliphatic carbocycles. The van der Waals surface area contributed by atoms with E-state index in [0.29, 0.717) is 25.9 Å². The van der Waals surface area contributed by atoms with Crippen LogP contribution in [0.3, 0.4) is 0 Å². The standard InChI is InChI=1S/C16H21N3O2/c1-2-18-11-14(13-5-3-4-6-15(13)18)17-16(21)19-9-7-12(20)8-10-19/h3-6,11-12,20H,2,7-10H2,1H3,(H,17,21). The Balaban J connectivity index is 1.80. The van der Waals surface area contributed by atoms with E-state index < -0.39 is 0 Å². The van der Waals surface area contributed by atoms with Crippen LogP contribution in [0.2, 0.25) is 0 Å². The Morgan fingerprint density at radius 1 is 1.33 bits per heavy atom. The number of aryl methyl sites for hydroxylation is 1. The second kappa shape index (κ2) is 5.77. The van der Waals surface area contributed by atoms with Gasteiger partial charge in [-0.2, -0.15) is 0 Å². The number of hydrogen-bond acceptors (Lipinski definition) is 2. The molecule has 0 saturated carbocycles. The number of carbonyl (C=O) groups excluding carboxylic acids is 1. The molecule has 1 aliphatic rings. The van der Waals surface area contributed by atoms with Gasteiger partial charge >= 0.3 is 6.03 Å². The van der Waals surface area contributed by atoms with Crippen LogP contribution in [0.5, 0.6) is 0 Å². The topological polar surface area (TPSA) is 57.5 Å². The number of aliphatic hydroxyl groups is 1. The summed E-state index contributed by atoms with van der Waals surface area (Å²) >= 11 is 0. The Morgan fingerprint density at radius 3 is 2.76 bits per heavy atom. The first-order valence-corrected chi connectivity index (χ1v) is 7.51. The third-order valence-electron chi connectivity index (χ3n) is 4.12. The van der Waals surface area contributed by atoms with E-state index in [9.17, 15) is 9.90 Å². The summed E-state index contributed by atoms with van der Waals surface area (Å²) in [5, 5.41) is 13.6. The summed E-state index contributed by atoms with van der Waals surface area (Å²) in [7, 11) is 0. The smallest absolute Gasteiger partial charge is 0.321 e. The number of carbonyl (C=O) groups is 1. The van der Waals surface area contributed by atoms with Crippen molar-refractivity contribution in [1.82, 2.24) is 9.47 Å². The quantitative estimate of drug-likeness (QED) is 0.892. The average molecular weight is 287 g/mol. The first-order valence-electron chi connectivity index (χ1n) is 7.51. The number of nitrogens with zero attached hydrogens (tertiary/aromatic N) is 2. The van der Waals surface area contributed by atoms with Gasteiger partial charge in [-0.25, -0.2) is 4.79 Å². The number of amides is 2. The zero-order chi connectivity index (χ0) is 14.8. The normalized spacial score (nSPS) is 16.4. The van der Waals surface area contributed by atoms with Crippen molar-refractivity contribution >= 4 is 22.6 Å². The van der Waals surface area contributed by atoms with Crippen molar-refractivity contribution in [2.75, 3.05) is 18.4 Å². The van der Waals surface area contributed by atoms with Crippen molar-refractivity contribution in [1.29, 1.82) is 0 Å². The number of rotatable bonds is 2. The molecule has 0 atom stereocenters. The van der Waals surface area contributed by atoms with E-state index in [0.717, 1.165) is 23.1 Å². The van der Waals surface area contributed by atoms with Crippen molar-refractivity contribution in [2.24, 2.45) is 0 Å². The third kappa shape index (κ3) is 2.74. The highest BCUT2D eigenvalue weighted by molar-refractivity contribution is 6.01. The summed E-state index contributed by atoms with van der Waals surface area (Å²) in [6, 6.07) is 7.99. The number of aromatic nitrogens is 1. The van der Waals surface area contributed by atoms with Crippen LogP contribution in [-0.4, -0.2) is 39.8 Å². The van der Waals surface area contributed by atoms with Gasteiger partial charge in [-0.3, -0.25) is 0 Å². The number of urea groups is 1. The molecule has 2 N–H and O–H groups in total. The Bertz CT molecular complexity index is 642. The molecular weight excluding hydrogens is 266 g/mol. The molecule has 1 aromatic heterocycles. The predicted octanol–water partition coefficient (Wildman–Crippen LogP) is 2.65. The second-order valence-corrected chi connectivity index (χ2v) is 5.49. The van der Waals surface area contributed by atoms with Gasteiger partial charge in [-0.15, -0.1) is 0 Å². The molecule has 0 bridgehead atoms. The van der Waals surface area contributed by atoms with Crippen molar-refractivity contribution in [3.8, 4) is 0 Å². The SMILES string of the molecule is CCn1cc(NC(=O)N2CCC(O)CC2)c2ccccc21. The number of hydrogen-bond donors (Lipinski definition) is 2. The van der Waals surface area contributed by atoms with Gasteiger partial charge in [0.2, 0.25) is 0 Å². The fourth-order valence-electron chi connectivity index (χ4n) is 2.87. The summed E-state index contributed by atoms with van der Waals surface area (Å²) in [6.07, 6.45) is 3.03. The van der Waals surface area contributed by atoms with E-state index in [1.165, 1.54) is 0 Å². The number of aliphatic hydroxyl groups excluding tert-OH is 1. The van der Waals surface area contributed by atoms with Crippen LogP contribution in [0.15, 0.2) is 30.5 Å². The van der Waals surface area contributed by atoms with E-state index in [1.54, 1.807) is 4.90 Å². The molecule has 5 nitrogen and oxygen atoms in total. The monoisotopic (exact) mass is 287 g/mol. The number of benzene rings is 1. The minimum atomic E-state index is -0.268. The zero-order valence-electron chi connectivity index (χ0n) is 12.2. The average Bonchev–Trinajstić information content (AvgIpc) is 2.86. The van der Waals surface area contributed by atoms with Crippen LogP contribution >= 0.6 is 0 Å². The number of nitrogens with one attached hydrogen (secondary N) is 1. The van der Waals surface area contributed by atoms with E-state index in [4.69, 9.17) is 0 Å². The maximum Gasteiger partial charge on any atom is 0.321 e. The fraction of sp³-hybridized carbons (Fsp3) is 0.438. The van der Waals surface area contributed by atoms with Gasteiger partial charge in [0.05, 0.1) is 17.3 Å². The van der Waals surface area contributed by atoms with Gasteiger partial charge in [0.25, 0.3) is 0 Å². The highest BCUT2D eigenvalue weighted by atomic mass is 16.3. The molecule has 3 rings (SSSR count). The Labute approximate surface area is 124 Å². The molecule has 0 unspecified atom stereocenters. The summed E-state index contributed by atoms with van der Waals surface area (Å²) in [4.78, 5) is 14.1. The maximum absolute atomic E-state index is 12.3. The van der Waals surface area contributed by atoms with Gasteiger partial charge in [0.15, 0.2) is 0 Å². The Hall–Kier alpha value is -2.01. The third-order valence-corrected chi connectivity index (χ3v) is 4.12. The Kier molecular flexibility index (Phi) is 3.84. The van der Waals surface area contributed by atoms with Gasteiger partial charge in [-0.1, -0.05) is 18.2 Å². The molecule has 1 aliphatic heterocycles. The van der Waals surface area contributed by atoms with Gasteiger partial charge in [0, 0.05) is 31.2 Å². The van der Waals surface area contributed by atoms with Gasteiger partial charge < -0.3 is 19.9 Å². The van der Waals surface area contributed by atoms with Crippen LogP contribution in [0.4, 0.5) is 10.5 Å². The van der Waals surface area contributed by atoms with Crippen LogP contribution in [0.1, 0.15) is 19.8 Å². The number of para-hydroxylation sites is 1. The first-order chi connectivity index (χ1) is 10.2. The lowest BCUT2D eigenvalue weighted by atomic mass is 10.1. The number of likely N-dealkylation sites (tertiary alicyclic amines) is 1. The number of piperidine rings is 1. The van der Waals surface area contributed by atoms with Crippen molar-refractivity contribution < 1.29 is 9.90 Å². The van der Waals surface area contributed by atoms with Crippen LogP contribution in [0.25, 0.3) is 10.9 Å². The number of anilines is 1. The van der Waals surface area contributed by atoms with Crippen LogP contribution in [-0.2, 0) is 6.54 Å². The molecule has 2 amide bonds. The zero-order valence-corrected chi connectivity index (χ0v) is 12.2. The molecular formula is C16H21N3O2. The van der Waals surface area contributed by atoms with Crippen LogP contribution in [0, 0.1) is 0 Å². The van der Waals surface area contributed by atoms with E-state index >= 15 is 0 Å². The lowest BCUT2D eigenvalue weighted by Crippen LogP contribution is -2.42. The van der Waals surface area contributed by atoms with E-state index in [-0.39, 0.29) is 12.1 Å². The minimum Gasteiger partial charge on any atom is -0.393 e. The minimum absolute atomic E-state index is 0.0825. The molecule has 0 spiro atoms. The highest BCUT2D eigenvalue weighted by Crippen LogP contribution is 2.26. The highest BCUT2D eigenvalue weighted by Gasteiger charge is 2.22. The molecule has 0 radical (unpaired) electrons. The maximum atomic E-state index is 12.3. The largest absolute Gasteiger partial charge is 0.393 e. The number of fused-ring (bicyclic) bond motifs is 1. The summed E-state index contributed by atoms with van der Waals surface area (Å²) in [5.74, 6) is 0. The molecule has 2 heterocycles. The van der Waals surface area contributed by atoms with E-state index in [1.807, 2.05) is 24.4 Å². The molecule has 1 fully saturated rings. The lowest BCUT2D eigenvalue weighted by molar-refractivity contribution is 0.0972. The molecule has 2 aromatic rings.